The van der Waals surface area contributed by atoms with Crippen molar-refractivity contribution in [3.8, 4) is 0 Å². The molecule has 146 valence electrons. The Morgan fingerprint density at radius 1 is 1.22 bits per heavy atom. The lowest BCUT2D eigenvalue weighted by Gasteiger charge is -2.21. The first kappa shape index (κ1) is 20.9. The molecule has 8 nitrogen and oxygen atoms in total. The molecule has 0 aliphatic carbocycles. The Morgan fingerprint density at radius 3 is 2.56 bits per heavy atom. The number of rotatable bonds is 7. The molecular weight excluding hydrogens is 394 g/mol. The number of nitrogens with zero attached hydrogens (tertiary/aromatic N) is 1. The minimum absolute atomic E-state index is 0.0685. The molecule has 0 bridgehead atoms. The third-order valence-electron chi connectivity index (χ3n) is 3.34. The van der Waals surface area contributed by atoms with Crippen molar-refractivity contribution in [1.82, 2.24) is 14.9 Å². The second-order valence-electron chi connectivity index (χ2n) is 5.99. The molecule has 0 aliphatic rings. The number of halogens is 1. The van der Waals surface area contributed by atoms with Crippen molar-refractivity contribution >= 4 is 33.6 Å². The molecule has 27 heavy (non-hydrogen) atoms. The van der Waals surface area contributed by atoms with Crippen molar-refractivity contribution < 1.29 is 22.4 Å². The summed E-state index contributed by atoms with van der Waals surface area (Å²) in [7, 11) is -4.06. The Labute approximate surface area is 162 Å². The lowest BCUT2D eigenvalue weighted by molar-refractivity contribution is -0.120. The summed E-state index contributed by atoms with van der Waals surface area (Å²) in [4.78, 5) is 23.8. The predicted octanol–water partition coefficient (Wildman–Crippen LogP) is 2.36. The van der Waals surface area contributed by atoms with Gasteiger partial charge in [0.25, 0.3) is 0 Å². The van der Waals surface area contributed by atoms with Crippen molar-refractivity contribution in [3.63, 3.8) is 0 Å². The van der Waals surface area contributed by atoms with Gasteiger partial charge in [0.2, 0.25) is 15.9 Å². The third kappa shape index (κ3) is 6.09. The van der Waals surface area contributed by atoms with Crippen LogP contribution >= 0.6 is 11.6 Å². The maximum atomic E-state index is 13.0. The first-order valence-electron chi connectivity index (χ1n) is 8.07. The number of furan rings is 1. The topological polar surface area (TPSA) is 109 Å². The van der Waals surface area contributed by atoms with E-state index in [0.29, 0.717) is 5.76 Å². The summed E-state index contributed by atoms with van der Waals surface area (Å²) < 4.78 is 32.0. The van der Waals surface area contributed by atoms with Crippen LogP contribution in [-0.4, -0.2) is 37.2 Å². The molecule has 2 aromatic rings. The fourth-order valence-electron chi connectivity index (χ4n) is 2.20. The lowest BCUT2D eigenvalue weighted by atomic mass is 10.4. The summed E-state index contributed by atoms with van der Waals surface area (Å²) in [5, 5.41) is 4.85. The van der Waals surface area contributed by atoms with Gasteiger partial charge >= 0.3 is 6.03 Å². The van der Waals surface area contributed by atoms with Crippen LogP contribution < -0.4 is 10.6 Å². The van der Waals surface area contributed by atoms with Gasteiger partial charge in [-0.3, -0.25) is 10.1 Å². The number of imide groups is 1. The Balaban J connectivity index is 2.23. The minimum Gasteiger partial charge on any atom is -0.468 e. The van der Waals surface area contributed by atoms with Crippen LogP contribution in [0, 0.1) is 0 Å². The monoisotopic (exact) mass is 413 g/mol. The normalized spacial score (nSPS) is 11.6. The van der Waals surface area contributed by atoms with Gasteiger partial charge in [0.1, 0.15) is 5.76 Å². The van der Waals surface area contributed by atoms with Crippen LogP contribution in [0.25, 0.3) is 0 Å². The smallest absolute Gasteiger partial charge is 0.321 e. The largest absolute Gasteiger partial charge is 0.468 e. The second kappa shape index (κ2) is 9.03. The molecule has 1 aromatic carbocycles. The third-order valence-corrected chi connectivity index (χ3v) is 5.36. The van der Waals surface area contributed by atoms with E-state index in [1.807, 2.05) is 0 Å². The SMILES string of the molecule is CC(C)NC(=O)NC(=O)CN(Cc1ccco1)S(=O)(=O)c1cccc(Cl)c1. The van der Waals surface area contributed by atoms with Gasteiger partial charge in [-0.15, -0.1) is 0 Å². The maximum Gasteiger partial charge on any atom is 0.321 e. The molecule has 0 saturated heterocycles. The van der Waals surface area contributed by atoms with Crippen LogP contribution in [0.3, 0.4) is 0 Å². The molecule has 1 aromatic heterocycles. The number of benzene rings is 1. The number of carbonyl (C=O) groups is 2. The van der Waals surface area contributed by atoms with Gasteiger partial charge < -0.3 is 9.73 Å². The molecule has 1 heterocycles. The number of nitrogens with one attached hydrogen (secondary N) is 2. The van der Waals surface area contributed by atoms with Crippen molar-refractivity contribution in [3.05, 3.63) is 53.4 Å². The van der Waals surface area contributed by atoms with E-state index in [2.05, 4.69) is 10.6 Å². The van der Waals surface area contributed by atoms with Gasteiger partial charge in [-0.1, -0.05) is 17.7 Å². The first-order valence-corrected chi connectivity index (χ1v) is 9.88. The maximum absolute atomic E-state index is 13.0. The van der Waals surface area contributed by atoms with E-state index < -0.39 is 28.5 Å². The summed E-state index contributed by atoms with van der Waals surface area (Å²) in [5.74, 6) is -0.426. The summed E-state index contributed by atoms with van der Waals surface area (Å²) in [6, 6.07) is 8.02. The standard InChI is InChI=1S/C17H20ClN3O5S/c1-12(2)19-17(23)20-16(22)11-21(10-14-6-4-8-26-14)27(24,25)15-7-3-5-13(18)9-15/h3-9,12H,10-11H2,1-2H3,(H2,19,20,22,23). The van der Waals surface area contributed by atoms with Crippen LogP contribution in [0.15, 0.2) is 52.0 Å². The van der Waals surface area contributed by atoms with E-state index in [9.17, 15) is 18.0 Å². The highest BCUT2D eigenvalue weighted by molar-refractivity contribution is 7.89. The van der Waals surface area contributed by atoms with Crippen molar-refractivity contribution in [2.45, 2.75) is 31.3 Å². The number of carbonyl (C=O) groups excluding carboxylic acids is 2. The highest BCUT2D eigenvalue weighted by atomic mass is 35.5. The number of hydrogen-bond donors (Lipinski definition) is 2. The minimum atomic E-state index is -4.06. The predicted molar refractivity (Wildman–Crippen MR) is 99.6 cm³/mol. The molecule has 3 amide bonds. The highest BCUT2D eigenvalue weighted by Crippen LogP contribution is 2.21. The fraction of sp³-hybridized carbons (Fsp3) is 0.294. The fourth-order valence-corrected chi connectivity index (χ4v) is 3.87. The highest BCUT2D eigenvalue weighted by Gasteiger charge is 2.28. The molecule has 0 saturated carbocycles. The van der Waals surface area contributed by atoms with Crippen LogP contribution in [0.4, 0.5) is 4.79 Å². The molecule has 2 N–H and O–H groups in total. The van der Waals surface area contributed by atoms with Gasteiger partial charge in [-0.05, 0) is 44.2 Å². The van der Waals surface area contributed by atoms with Crippen LogP contribution in [0.1, 0.15) is 19.6 Å². The lowest BCUT2D eigenvalue weighted by Crippen LogP contribution is -2.47. The van der Waals surface area contributed by atoms with Crippen LogP contribution in [-0.2, 0) is 21.4 Å². The molecule has 0 spiro atoms. The Kier molecular flexibility index (Phi) is 7.00. The number of hydrogen-bond acceptors (Lipinski definition) is 5. The van der Waals surface area contributed by atoms with Crippen LogP contribution in [0.5, 0.6) is 0 Å². The zero-order chi connectivity index (χ0) is 20.0. The zero-order valence-corrected chi connectivity index (χ0v) is 16.4. The van der Waals surface area contributed by atoms with Gasteiger partial charge in [-0.25, -0.2) is 13.2 Å². The first-order chi connectivity index (χ1) is 12.7. The summed E-state index contributed by atoms with van der Waals surface area (Å²) >= 11 is 5.89. The molecule has 0 fully saturated rings. The van der Waals surface area contributed by atoms with E-state index in [4.69, 9.17) is 16.0 Å². The molecule has 0 aliphatic heterocycles. The van der Waals surface area contributed by atoms with Crippen LogP contribution in [0.2, 0.25) is 5.02 Å². The Morgan fingerprint density at radius 2 is 1.96 bits per heavy atom. The van der Waals surface area contributed by atoms with Crippen molar-refractivity contribution in [1.29, 1.82) is 0 Å². The van der Waals surface area contributed by atoms with E-state index >= 15 is 0 Å². The molecular formula is C17H20ClN3O5S. The number of urea groups is 1. The Bertz CT molecular complexity index is 897. The molecule has 0 atom stereocenters. The average molecular weight is 414 g/mol. The summed E-state index contributed by atoms with van der Waals surface area (Å²) in [6.45, 7) is 2.72. The number of sulfonamides is 1. The van der Waals surface area contributed by atoms with Gasteiger partial charge in [0.15, 0.2) is 0 Å². The van der Waals surface area contributed by atoms with Crippen molar-refractivity contribution in [2.75, 3.05) is 6.54 Å². The van der Waals surface area contributed by atoms with E-state index in [1.54, 1.807) is 32.0 Å². The van der Waals surface area contributed by atoms with Gasteiger partial charge in [-0.2, -0.15) is 4.31 Å². The molecule has 0 radical (unpaired) electrons. The molecule has 0 unspecified atom stereocenters. The quantitative estimate of drug-likeness (QED) is 0.724. The van der Waals surface area contributed by atoms with E-state index in [1.165, 1.54) is 24.5 Å². The second-order valence-corrected chi connectivity index (χ2v) is 8.36. The summed E-state index contributed by atoms with van der Waals surface area (Å²) in [5.41, 5.74) is 0. The molecule has 2 rings (SSSR count). The zero-order valence-electron chi connectivity index (χ0n) is 14.8. The Hall–Kier alpha value is -2.36. The summed E-state index contributed by atoms with van der Waals surface area (Å²) in [6.07, 6.45) is 1.40. The van der Waals surface area contributed by atoms with Crippen molar-refractivity contribution in [2.24, 2.45) is 0 Å². The average Bonchev–Trinajstić information content (AvgIpc) is 3.06. The van der Waals surface area contributed by atoms with Gasteiger partial charge in [0, 0.05) is 11.1 Å². The molecule has 10 heteroatoms. The van der Waals surface area contributed by atoms with E-state index in [-0.39, 0.29) is 22.5 Å². The van der Waals surface area contributed by atoms with Gasteiger partial charge in [0.05, 0.1) is 24.2 Å². The number of amides is 3. The van der Waals surface area contributed by atoms with E-state index in [0.717, 1.165) is 4.31 Å².